The number of hydrogen-bond donors (Lipinski definition) is 2. The maximum atomic E-state index is 11.0. The molecule has 0 saturated carbocycles. The van der Waals surface area contributed by atoms with E-state index in [0.29, 0.717) is 11.6 Å². The SMILES string of the molecule is CC1CNCCN1c1cc([N+](=O)[O-])cc2[nH]ncc12. The molecular formula is C12H15N5O2. The van der Waals surface area contributed by atoms with E-state index in [2.05, 4.69) is 27.3 Å². The third-order valence-electron chi connectivity index (χ3n) is 3.54. The monoisotopic (exact) mass is 261 g/mol. The van der Waals surface area contributed by atoms with Gasteiger partial charge in [0.1, 0.15) is 0 Å². The minimum Gasteiger partial charge on any atom is -0.365 e. The van der Waals surface area contributed by atoms with Gasteiger partial charge in [0.15, 0.2) is 0 Å². The first-order chi connectivity index (χ1) is 9.16. The number of nitrogens with zero attached hydrogens (tertiary/aromatic N) is 3. The maximum absolute atomic E-state index is 11.0. The summed E-state index contributed by atoms with van der Waals surface area (Å²) in [5.41, 5.74) is 1.68. The number of rotatable bonds is 2. The molecule has 1 saturated heterocycles. The number of non-ortho nitro benzene ring substituents is 1. The third-order valence-corrected chi connectivity index (χ3v) is 3.54. The first kappa shape index (κ1) is 11.9. The molecule has 2 N–H and O–H groups in total. The Morgan fingerprint density at radius 1 is 1.53 bits per heavy atom. The zero-order valence-corrected chi connectivity index (χ0v) is 10.6. The number of nitro groups is 1. The fraction of sp³-hybridized carbons (Fsp3) is 0.417. The van der Waals surface area contributed by atoms with E-state index in [1.165, 1.54) is 6.07 Å². The Bertz CT molecular complexity index is 624. The lowest BCUT2D eigenvalue weighted by Crippen LogP contribution is -2.50. The Labute approximate surface area is 109 Å². The largest absolute Gasteiger partial charge is 0.365 e. The Morgan fingerprint density at radius 2 is 2.37 bits per heavy atom. The first-order valence-electron chi connectivity index (χ1n) is 6.25. The molecular weight excluding hydrogens is 246 g/mol. The number of nitrogens with one attached hydrogen (secondary N) is 2. The van der Waals surface area contributed by atoms with Gasteiger partial charge in [-0.25, -0.2) is 0 Å². The van der Waals surface area contributed by atoms with Gasteiger partial charge in [0, 0.05) is 43.2 Å². The molecule has 0 radical (unpaired) electrons. The number of aromatic amines is 1. The molecule has 2 heterocycles. The highest BCUT2D eigenvalue weighted by Crippen LogP contribution is 2.32. The molecule has 0 aliphatic carbocycles. The molecule has 2 aromatic rings. The predicted molar refractivity (Wildman–Crippen MR) is 72.4 cm³/mol. The summed E-state index contributed by atoms with van der Waals surface area (Å²) in [5, 5.41) is 22.1. The number of benzene rings is 1. The highest BCUT2D eigenvalue weighted by molar-refractivity contribution is 5.93. The number of aromatic nitrogens is 2. The number of piperazine rings is 1. The molecule has 100 valence electrons. The Kier molecular flexibility index (Phi) is 2.83. The van der Waals surface area contributed by atoms with E-state index in [-0.39, 0.29) is 10.6 Å². The van der Waals surface area contributed by atoms with Gasteiger partial charge in [0.2, 0.25) is 0 Å². The molecule has 19 heavy (non-hydrogen) atoms. The number of anilines is 1. The standard InChI is InChI=1S/C12H15N5O2/c1-8-6-13-2-3-16(8)12-5-9(17(18)19)4-11-10(12)7-14-15-11/h4-5,7-8,13H,2-3,6H2,1H3,(H,14,15). The van der Waals surface area contributed by atoms with Crippen LogP contribution in [0.5, 0.6) is 0 Å². The van der Waals surface area contributed by atoms with Crippen LogP contribution in [0.15, 0.2) is 18.3 Å². The number of nitro benzene ring substituents is 1. The van der Waals surface area contributed by atoms with Crippen molar-refractivity contribution in [2.45, 2.75) is 13.0 Å². The van der Waals surface area contributed by atoms with E-state index in [1.54, 1.807) is 12.3 Å². The van der Waals surface area contributed by atoms with E-state index in [0.717, 1.165) is 30.7 Å². The van der Waals surface area contributed by atoms with Crippen LogP contribution in [-0.2, 0) is 0 Å². The molecule has 1 aliphatic heterocycles. The van der Waals surface area contributed by atoms with Crippen LogP contribution in [0.2, 0.25) is 0 Å². The molecule has 3 rings (SSSR count). The zero-order valence-electron chi connectivity index (χ0n) is 10.6. The molecule has 0 bridgehead atoms. The summed E-state index contributed by atoms with van der Waals surface area (Å²) in [6.45, 7) is 4.70. The molecule has 7 nitrogen and oxygen atoms in total. The second-order valence-electron chi connectivity index (χ2n) is 4.80. The van der Waals surface area contributed by atoms with Crippen molar-refractivity contribution in [2.75, 3.05) is 24.5 Å². The summed E-state index contributed by atoms with van der Waals surface area (Å²) >= 11 is 0. The highest BCUT2D eigenvalue weighted by atomic mass is 16.6. The lowest BCUT2D eigenvalue weighted by Gasteiger charge is -2.36. The summed E-state index contributed by atoms with van der Waals surface area (Å²) in [6, 6.07) is 3.46. The van der Waals surface area contributed by atoms with Crippen LogP contribution >= 0.6 is 0 Å². The lowest BCUT2D eigenvalue weighted by atomic mass is 10.1. The van der Waals surface area contributed by atoms with Gasteiger partial charge in [0.25, 0.3) is 5.69 Å². The quantitative estimate of drug-likeness (QED) is 0.628. The average Bonchev–Trinajstić information content (AvgIpc) is 2.86. The number of hydrogen-bond acceptors (Lipinski definition) is 5. The van der Waals surface area contributed by atoms with Crippen molar-refractivity contribution in [2.24, 2.45) is 0 Å². The molecule has 1 aliphatic rings. The molecule has 1 aromatic carbocycles. The smallest absolute Gasteiger partial charge is 0.273 e. The zero-order chi connectivity index (χ0) is 13.4. The van der Waals surface area contributed by atoms with E-state index < -0.39 is 0 Å². The minimum absolute atomic E-state index is 0.0949. The maximum Gasteiger partial charge on any atom is 0.273 e. The summed E-state index contributed by atoms with van der Waals surface area (Å²) < 4.78 is 0. The fourth-order valence-electron chi connectivity index (χ4n) is 2.56. The van der Waals surface area contributed by atoms with Crippen molar-refractivity contribution >= 4 is 22.3 Å². The molecule has 1 atom stereocenters. The van der Waals surface area contributed by atoms with Crippen LogP contribution < -0.4 is 10.2 Å². The minimum atomic E-state index is -0.364. The normalized spacial score (nSPS) is 19.8. The van der Waals surface area contributed by atoms with E-state index in [4.69, 9.17) is 0 Å². The lowest BCUT2D eigenvalue weighted by molar-refractivity contribution is -0.384. The molecule has 1 fully saturated rings. The van der Waals surface area contributed by atoms with E-state index in [1.807, 2.05) is 0 Å². The van der Waals surface area contributed by atoms with Crippen LogP contribution in [0.3, 0.4) is 0 Å². The summed E-state index contributed by atoms with van der Waals surface area (Å²) in [5.74, 6) is 0. The molecule has 7 heteroatoms. The first-order valence-corrected chi connectivity index (χ1v) is 6.25. The third kappa shape index (κ3) is 2.01. The van der Waals surface area contributed by atoms with Gasteiger partial charge in [-0.3, -0.25) is 15.2 Å². The second kappa shape index (κ2) is 4.51. The summed E-state index contributed by atoms with van der Waals surface area (Å²) in [4.78, 5) is 12.9. The van der Waals surface area contributed by atoms with Crippen molar-refractivity contribution in [1.82, 2.24) is 15.5 Å². The topological polar surface area (TPSA) is 87.1 Å². The van der Waals surface area contributed by atoms with Crippen molar-refractivity contribution in [3.05, 3.63) is 28.4 Å². The van der Waals surface area contributed by atoms with Crippen molar-refractivity contribution < 1.29 is 4.92 Å². The van der Waals surface area contributed by atoms with Gasteiger partial charge in [0.05, 0.1) is 22.3 Å². The Balaban J connectivity index is 2.14. The number of fused-ring (bicyclic) bond motifs is 1. The predicted octanol–water partition coefficient (Wildman–Crippen LogP) is 1.27. The van der Waals surface area contributed by atoms with Crippen molar-refractivity contribution in [3.63, 3.8) is 0 Å². The van der Waals surface area contributed by atoms with Gasteiger partial charge in [-0.1, -0.05) is 0 Å². The van der Waals surface area contributed by atoms with Crippen LogP contribution in [0, 0.1) is 10.1 Å². The van der Waals surface area contributed by atoms with Crippen molar-refractivity contribution in [3.8, 4) is 0 Å². The van der Waals surface area contributed by atoms with E-state index >= 15 is 0 Å². The van der Waals surface area contributed by atoms with Crippen LogP contribution in [-0.4, -0.2) is 40.8 Å². The fourth-order valence-corrected chi connectivity index (χ4v) is 2.56. The molecule has 1 aromatic heterocycles. The number of H-pyrrole nitrogens is 1. The molecule has 0 amide bonds. The molecule has 0 spiro atoms. The van der Waals surface area contributed by atoms with Gasteiger partial charge in [-0.15, -0.1) is 0 Å². The van der Waals surface area contributed by atoms with Gasteiger partial charge in [-0.05, 0) is 6.92 Å². The average molecular weight is 261 g/mol. The highest BCUT2D eigenvalue weighted by Gasteiger charge is 2.23. The molecule has 1 unspecified atom stereocenters. The second-order valence-corrected chi connectivity index (χ2v) is 4.80. The summed E-state index contributed by atoms with van der Waals surface area (Å²) in [6.07, 6.45) is 1.73. The van der Waals surface area contributed by atoms with Crippen LogP contribution in [0.4, 0.5) is 11.4 Å². The summed E-state index contributed by atoms with van der Waals surface area (Å²) in [7, 11) is 0. The van der Waals surface area contributed by atoms with Gasteiger partial charge < -0.3 is 10.2 Å². The Hall–Kier alpha value is -2.15. The van der Waals surface area contributed by atoms with Crippen molar-refractivity contribution in [1.29, 1.82) is 0 Å². The Morgan fingerprint density at radius 3 is 3.11 bits per heavy atom. The van der Waals surface area contributed by atoms with Gasteiger partial charge in [-0.2, -0.15) is 5.10 Å². The van der Waals surface area contributed by atoms with Crippen LogP contribution in [0.1, 0.15) is 6.92 Å². The van der Waals surface area contributed by atoms with Gasteiger partial charge >= 0.3 is 0 Å². The van der Waals surface area contributed by atoms with E-state index in [9.17, 15) is 10.1 Å². The van der Waals surface area contributed by atoms with Crippen LogP contribution in [0.25, 0.3) is 10.9 Å².